The molecule has 1 unspecified atom stereocenters. The molecule has 0 saturated heterocycles. The van der Waals surface area contributed by atoms with Crippen LogP contribution in [0.25, 0.3) is 0 Å². The van der Waals surface area contributed by atoms with Gasteiger partial charge in [0.15, 0.2) is 0 Å². The highest BCUT2D eigenvalue weighted by Gasteiger charge is 2.20. The summed E-state index contributed by atoms with van der Waals surface area (Å²) < 4.78 is 0. The van der Waals surface area contributed by atoms with Crippen LogP contribution < -0.4 is 11.1 Å². The Bertz CT molecular complexity index is 514. The van der Waals surface area contributed by atoms with Crippen LogP contribution in [0.5, 0.6) is 0 Å². The SMILES string of the molecule is Cc1ccccc1CC(=O)NC(CCC(N)=O)C(=O)O. The highest BCUT2D eigenvalue weighted by Crippen LogP contribution is 2.08. The van der Waals surface area contributed by atoms with Crippen LogP contribution in [0.1, 0.15) is 24.0 Å². The van der Waals surface area contributed by atoms with Gasteiger partial charge in [-0.15, -0.1) is 0 Å². The standard InChI is InChI=1S/C14H18N2O4/c1-9-4-2-3-5-10(9)8-13(18)16-11(14(19)20)6-7-12(15)17/h2-5,11H,6-8H2,1H3,(H2,15,17)(H,16,18)(H,19,20). The molecular weight excluding hydrogens is 260 g/mol. The minimum absolute atomic E-state index is 0.00974. The van der Waals surface area contributed by atoms with Crippen LogP contribution >= 0.6 is 0 Å². The van der Waals surface area contributed by atoms with Gasteiger partial charge in [-0.1, -0.05) is 24.3 Å². The average molecular weight is 278 g/mol. The van der Waals surface area contributed by atoms with Gasteiger partial charge >= 0.3 is 5.97 Å². The van der Waals surface area contributed by atoms with Gasteiger partial charge in [-0.25, -0.2) is 4.79 Å². The van der Waals surface area contributed by atoms with E-state index in [0.717, 1.165) is 11.1 Å². The van der Waals surface area contributed by atoms with Gasteiger partial charge in [0, 0.05) is 6.42 Å². The van der Waals surface area contributed by atoms with Crippen molar-refractivity contribution in [3.8, 4) is 0 Å². The molecule has 0 aliphatic rings. The monoisotopic (exact) mass is 278 g/mol. The maximum atomic E-state index is 11.8. The number of amides is 2. The Morgan fingerprint density at radius 1 is 1.30 bits per heavy atom. The third-order valence-electron chi connectivity index (χ3n) is 2.92. The van der Waals surface area contributed by atoms with E-state index in [1.54, 1.807) is 0 Å². The fraction of sp³-hybridized carbons (Fsp3) is 0.357. The second-order valence-corrected chi connectivity index (χ2v) is 4.57. The van der Waals surface area contributed by atoms with E-state index in [1.807, 2.05) is 31.2 Å². The van der Waals surface area contributed by atoms with Crippen molar-refractivity contribution in [2.45, 2.75) is 32.2 Å². The fourth-order valence-electron chi connectivity index (χ4n) is 1.77. The van der Waals surface area contributed by atoms with Crippen LogP contribution in [0, 0.1) is 6.92 Å². The Morgan fingerprint density at radius 3 is 2.50 bits per heavy atom. The number of aliphatic carboxylic acids is 1. The molecule has 1 aromatic carbocycles. The van der Waals surface area contributed by atoms with E-state index < -0.39 is 23.8 Å². The number of aryl methyl sites for hydroxylation is 1. The Hall–Kier alpha value is -2.37. The van der Waals surface area contributed by atoms with E-state index in [4.69, 9.17) is 10.8 Å². The Labute approximate surface area is 117 Å². The molecule has 0 saturated carbocycles. The molecule has 0 aliphatic carbocycles. The predicted molar refractivity (Wildman–Crippen MR) is 72.9 cm³/mol. The van der Waals surface area contributed by atoms with E-state index in [0.29, 0.717) is 0 Å². The zero-order valence-corrected chi connectivity index (χ0v) is 11.3. The van der Waals surface area contributed by atoms with Crippen molar-refractivity contribution in [1.82, 2.24) is 5.32 Å². The quantitative estimate of drug-likeness (QED) is 0.669. The third kappa shape index (κ3) is 5.09. The van der Waals surface area contributed by atoms with Crippen molar-refractivity contribution in [2.75, 3.05) is 0 Å². The zero-order valence-electron chi connectivity index (χ0n) is 11.3. The smallest absolute Gasteiger partial charge is 0.326 e. The van der Waals surface area contributed by atoms with Gasteiger partial charge in [-0.2, -0.15) is 0 Å². The fourth-order valence-corrected chi connectivity index (χ4v) is 1.77. The number of primary amides is 1. The lowest BCUT2D eigenvalue weighted by atomic mass is 10.0. The summed E-state index contributed by atoms with van der Waals surface area (Å²) in [7, 11) is 0. The number of carbonyl (C=O) groups excluding carboxylic acids is 2. The number of rotatable bonds is 7. The zero-order chi connectivity index (χ0) is 15.1. The lowest BCUT2D eigenvalue weighted by molar-refractivity contribution is -0.142. The van der Waals surface area contributed by atoms with Crippen LogP contribution in [0.4, 0.5) is 0 Å². The van der Waals surface area contributed by atoms with Crippen LogP contribution in [-0.4, -0.2) is 28.9 Å². The third-order valence-corrected chi connectivity index (χ3v) is 2.92. The van der Waals surface area contributed by atoms with Crippen molar-refractivity contribution in [3.63, 3.8) is 0 Å². The second kappa shape index (κ2) is 7.28. The minimum atomic E-state index is -1.18. The molecule has 4 N–H and O–H groups in total. The van der Waals surface area contributed by atoms with E-state index >= 15 is 0 Å². The topological polar surface area (TPSA) is 109 Å². The van der Waals surface area contributed by atoms with Crippen LogP contribution in [0.2, 0.25) is 0 Å². The average Bonchev–Trinajstić information content (AvgIpc) is 2.36. The number of nitrogens with two attached hydrogens (primary N) is 1. The Morgan fingerprint density at radius 2 is 1.95 bits per heavy atom. The van der Waals surface area contributed by atoms with Gasteiger partial charge in [0.25, 0.3) is 0 Å². The van der Waals surface area contributed by atoms with Crippen molar-refractivity contribution >= 4 is 17.8 Å². The molecule has 1 rings (SSSR count). The summed E-state index contributed by atoms with van der Waals surface area (Å²) in [4.78, 5) is 33.5. The lowest BCUT2D eigenvalue weighted by Gasteiger charge is -2.14. The molecule has 20 heavy (non-hydrogen) atoms. The van der Waals surface area contributed by atoms with Gasteiger partial charge < -0.3 is 16.2 Å². The van der Waals surface area contributed by atoms with Gasteiger partial charge in [-0.05, 0) is 24.5 Å². The number of nitrogens with one attached hydrogen (secondary N) is 1. The first-order valence-electron chi connectivity index (χ1n) is 6.25. The van der Waals surface area contributed by atoms with Crippen molar-refractivity contribution < 1.29 is 19.5 Å². The number of hydrogen-bond acceptors (Lipinski definition) is 3. The predicted octanol–water partition coefficient (Wildman–Crippen LogP) is 0.372. The molecule has 0 bridgehead atoms. The highest BCUT2D eigenvalue weighted by molar-refractivity contribution is 5.85. The first-order valence-corrected chi connectivity index (χ1v) is 6.25. The first kappa shape index (κ1) is 15.7. The summed E-state index contributed by atoms with van der Waals surface area (Å²) in [5.74, 6) is -2.16. The first-order chi connectivity index (χ1) is 9.40. The van der Waals surface area contributed by atoms with Crippen LogP contribution in [0.15, 0.2) is 24.3 Å². The summed E-state index contributed by atoms with van der Waals surface area (Å²) in [6, 6.07) is 6.28. The summed E-state index contributed by atoms with van der Waals surface area (Å²) in [6.45, 7) is 1.88. The van der Waals surface area contributed by atoms with E-state index in [1.165, 1.54) is 0 Å². The molecule has 0 aromatic heterocycles. The molecule has 0 spiro atoms. The molecule has 0 radical (unpaired) electrons. The second-order valence-electron chi connectivity index (χ2n) is 4.57. The molecule has 0 heterocycles. The molecule has 2 amide bonds. The molecule has 1 aromatic rings. The minimum Gasteiger partial charge on any atom is -0.480 e. The molecule has 0 aliphatic heterocycles. The number of carboxylic acids is 1. The summed E-state index contributed by atoms with van der Waals surface area (Å²) >= 11 is 0. The number of hydrogen-bond donors (Lipinski definition) is 3. The molecular formula is C14H18N2O4. The van der Waals surface area contributed by atoms with Gasteiger partial charge in [-0.3, -0.25) is 9.59 Å². The lowest BCUT2D eigenvalue weighted by Crippen LogP contribution is -2.42. The Kier molecular flexibility index (Phi) is 5.71. The van der Waals surface area contributed by atoms with Crippen LogP contribution in [0.3, 0.4) is 0 Å². The normalized spacial score (nSPS) is 11.7. The number of carbonyl (C=O) groups is 3. The van der Waals surface area contributed by atoms with Gasteiger partial charge in [0.2, 0.25) is 11.8 Å². The highest BCUT2D eigenvalue weighted by atomic mass is 16.4. The van der Waals surface area contributed by atoms with Gasteiger partial charge in [0.1, 0.15) is 6.04 Å². The van der Waals surface area contributed by atoms with Gasteiger partial charge in [0.05, 0.1) is 6.42 Å². The van der Waals surface area contributed by atoms with E-state index in [9.17, 15) is 14.4 Å². The molecule has 6 nitrogen and oxygen atoms in total. The number of benzene rings is 1. The largest absolute Gasteiger partial charge is 0.480 e. The molecule has 108 valence electrons. The number of carboxylic acid groups (broad SMARTS) is 1. The summed E-state index contributed by atoms with van der Waals surface area (Å²) in [5.41, 5.74) is 6.77. The molecule has 0 fully saturated rings. The maximum Gasteiger partial charge on any atom is 0.326 e. The summed E-state index contributed by atoms with van der Waals surface area (Å²) in [5, 5.41) is 11.4. The Balaban J connectivity index is 2.60. The summed E-state index contributed by atoms with van der Waals surface area (Å²) in [6.07, 6.45) is 0.0127. The van der Waals surface area contributed by atoms with Crippen molar-refractivity contribution in [2.24, 2.45) is 5.73 Å². The maximum absolute atomic E-state index is 11.8. The molecule has 1 atom stereocenters. The molecule has 6 heteroatoms. The van der Waals surface area contributed by atoms with Crippen LogP contribution in [-0.2, 0) is 20.8 Å². The van der Waals surface area contributed by atoms with E-state index in [2.05, 4.69) is 5.32 Å². The van der Waals surface area contributed by atoms with E-state index in [-0.39, 0.29) is 19.3 Å². The van der Waals surface area contributed by atoms with Crippen molar-refractivity contribution in [1.29, 1.82) is 0 Å². The van der Waals surface area contributed by atoms with Crippen molar-refractivity contribution in [3.05, 3.63) is 35.4 Å².